The highest BCUT2D eigenvalue weighted by molar-refractivity contribution is 6.30. The molecule has 0 bridgehead atoms. The van der Waals surface area contributed by atoms with Gasteiger partial charge in [-0.05, 0) is 65.6 Å². The minimum Gasteiger partial charge on any atom is -0.489 e. The predicted molar refractivity (Wildman–Crippen MR) is 116 cm³/mol. The van der Waals surface area contributed by atoms with E-state index in [1.165, 1.54) is 11.6 Å². The van der Waals surface area contributed by atoms with Crippen LogP contribution in [0.1, 0.15) is 23.6 Å². The fraction of sp³-hybridized carbons (Fsp3) is 0.125. The molecule has 0 spiro atoms. The molecule has 28 heavy (non-hydrogen) atoms. The van der Waals surface area contributed by atoms with Crippen LogP contribution in [0.2, 0.25) is 5.02 Å². The molecule has 0 aromatic heterocycles. The highest BCUT2D eigenvalue weighted by Gasteiger charge is 1.99. The third-order valence-electron chi connectivity index (χ3n) is 4.26. The van der Waals surface area contributed by atoms with E-state index in [0.29, 0.717) is 11.6 Å². The first kappa shape index (κ1) is 19.7. The number of rotatable bonds is 7. The fourth-order valence-corrected chi connectivity index (χ4v) is 2.73. The first-order valence-electron chi connectivity index (χ1n) is 9.17. The summed E-state index contributed by atoms with van der Waals surface area (Å²) < 4.78 is 5.76. The minimum atomic E-state index is -0.160. The number of carbonyl (C=O) groups is 1. The number of amides is 1. The summed E-state index contributed by atoms with van der Waals surface area (Å²) in [5, 5.41) is 3.57. The number of carbonyl (C=O) groups excluding carboxylic acids is 1. The van der Waals surface area contributed by atoms with Crippen LogP contribution in [-0.4, -0.2) is 5.91 Å². The van der Waals surface area contributed by atoms with Gasteiger partial charge in [0.15, 0.2) is 0 Å². The van der Waals surface area contributed by atoms with Crippen molar-refractivity contribution in [1.29, 1.82) is 0 Å². The zero-order valence-electron chi connectivity index (χ0n) is 15.7. The van der Waals surface area contributed by atoms with Crippen LogP contribution >= 0.6 is 11.6 Å². The highest BCUT2D eigenvalue weighted by Crippen LogP contribution is 2.16. The number of nitrogens with one attached hydrogen (secondary N) is 1. The van der Waals surface area contributed by atoms with Gasteiger partial charge in [0.05, 0.1) is 0 Å². The van der Waals surface area contributed by atoms with Crippen molar-refractivity contribution in [3.8, 4) is 5.75 Å². The molecule has 4 heteroatoms. The van der Waals surface area contributed by atoms with Crippen LogP contribution in [0, 0.1) is 0 Å². The van der Waals surface area contributed by atoms with Crippen LogP contribution in [0.4, 0.5) is 5.69 Å². The van der Waals surface area contributed by atoms with Crippen LogP contribution in [0.3, 0.4) is 0 Å². The summed E-state index contributed by atoms with van der Waals surface area (Å²) in [4.78, 5) is 12.1. The van der Waals surface area contributed by atoms with E-state index in [-0.39, 0.29) is 5.91 Å². The molecule has 0 atom stereocenters. The van der Waals surface area contributed by atoms with E-state index in [1.54, 1.807) is 6.08 Å². The third-order valence-corrected chi connectivity index (χ3v) is 4.51. The normalized spacial score (nSPS) is 10.8. The van der Waals surface area contributed by atoms with Gasteiger partial charge in [-0.1, -0.05) is 54.9 Å². The van der Waals surface area contributed by atoms with E-state index in [1.807, 2.05) is 72.8 Å². The van der Waals surface area contributed by atoms with Crippen LogP contribution in [0.5, 0.6) is 5.75 Å². The van der Waals surface area contributed by atoms with E-state index in [9.17, 15) is 4.79 Å². The van der Waals surface area contributed by atoms with E-state index >= 15 is 0 Å². The molecule has 0 fully saturated rings. The molecule has 0 aliphatic carbocycles. The Hall–Kier alpha value is -3.04. The third kappa shape index (κ3) is 6.00. The number of benzene rings is 3. The monoisotopic (exact) mass is 391 g/mol. The summed E-state index contributed by atoms with van der Waals surface area (Å²) in [7, 11) is 0. The van der Waals surface area contributed by atoms with Crippen molar-refractivity contribution in [2.24, 2.45) is 0 Å². The standard InChI is InChI=1S/C24H22ClNO2/c1-2-18-5-12-22(13-6-18)26-24(27)16-9-19-7-14-23(15-8-19)28-17-20-3-10-21(25)11-4-20/h3-16H,2,17H2,1H3,(H,26,27)/b16-9+. The lowest BCUT2D eigenvalue weighted by Crippen LogP contribution is -2.07. The summed E-state index contributed by atoms with van der Waals surface area (Å²) in [6, 6.07) is 23.0. The second-order valence-corrected chi connectivity index (χ2v) is 6.79. The SMILES string of the molecule is CCc1ccc(NC(=O)/C=C/c2ccc(OCc3ccc(Cl)cc3)cc2)cc1. The lowest BCUT2D eigenvalue weighted by atomic mass is 10.1. The fourth-order valence-electron chi connectivity index (χ4n) is 2.60. The maximum Gasteiger partial charge on any atom is 0.248 e. The van der Waals surface area contributed by atoms with Gasteiger partial charge in [0.1, 0.15) is 12.4 Å². The summed E-state index contributed by atoms with van der Waals surface area (Å²) >= 11 is 5.88. The summed E-state index contributed by atoms with van der Waals surface area (Å²) in [5.74, 6) is 0.611. The first-order valence-corrected chi connectivity index (χ1v) is 9.55. The molecule has 0 saturated heterocycles. The molecule has 3 nitrogen and oxygen atoms in total. The van der Waals surface area contributed by atoms with Crippen LogP contribution < -0.4 is 10.1 Å². The highest BCUT2D eigenvalue weighted by atomic mass is 35.5. The van der Waals surface area contributed by atoms with Gasteiger partial charge in [0.2, 0.25) is 5.91 Å². The van der Waals surface area contributed by atoms with Gasteiger partial charge in [0, 0.05) is 16.8 Å². The van der Waals surface area contributed by atoms with E-state index in [0.717, 1.165) is 29.0 Å². The van der Waals surface area contributed by atoms with E-state index in [4.69, 9.17) is 16.3 Å². The lowest BCUT2D eigenvalue weighted by molar-refractivity contribution is -0.111. The molecule has 0 aliphatic rings. The molecule has 1 N–H and O–H groups in total. The van der Waals surface area contributed by atoms with Gasteiger partial charge in [-0.25, -0.2) is 0 Å². The average Bonchev–Trinajstić information content (AvgIpc) is 2.73. The number of anilines is 1. The molecule has 3 rings (SSSR count). The maximum absolute atomic E-state index is 12.1. The smallest absolute Gasteiger partial charge is 0.248 e. The quantitative estimate of drug-likeness (QED) is 0.492. The molecule has 3 aromatic carbocycles. The Balaban J connectivity index is 1.51. The van der Waals surface area contributed by atoms with E-state index < -0.39 is 0 Å². The van der Waals surface area contributed by atoms with Crippen molar-refractivity contribution in [3.63, 3.8) is 0 Å². The number of hydrogen-bond donors (Lipinski definition) is 1. The maximum atomic E-state index is 12.1. The first-order chi connectivity index (χ1) is 13.6. The largest absolute Gasteiger partial charge is 0.489 e. The zero-order valence-corrected chi connectivity index (χ0v) is 16.4. The Bertz CT molecular complexity index is 930. The molecule has 3 aromatic rings. The van der Waals surface area contributed by atoms with Gasteiger partial charge in [-0.3, -0.25) is 4.79 Å². The van der Waals surface area contributed by atoms with Crippen molar-refractivity contribution in [1.82, 2.24) is 0 Å². The molecule has 0 unspecified atom stereocenters. The Morgan fingerprint density at radius 2 is 1.57 bits per heavy atom. The minimum absolute atomic E-state index is 0.160. The average molecular weight is 392 g/mol. The molecule has 0 radical (unpaired) electrons. The van der Waals surface area contributed by atoms with Crippen LogP contribution in [0.25, 0.3) is 6.08 Å². The van der Waals surface area contributed by atoms with Gasteiger partial charge in [0.25, 0.3) is 0 Å². The van der Waals surface area contributed by atoms with E-state index in [2.05, 4.69) is 12.2 Å². The van der Waals surface area contributed by atoms with Gasteiger partial charge in [-0.15, -0.1) is 0 Å². The van der Waals surface area contributed by atoms with Crippen molar-refractivity contribution < 1.29 is 9.53 Å². The van der Waals surface area contributed by atoms with Crippen LogP contribution in [0.15, 0.2) is 78.9 Å². The molecule has 0 heterocycles. The number of halogens is 1. The Kier molecular flexibility index (Phi) is 6.88. The number of ether oxygens (including phenoxy) is 1. The Morgan fingerprint density at radius 3 is 2.21 bits per heavy atom. The number of hydrogen-bond acceptors (Lipinski definition) is 2. The predicted octanol–water partition coefficient (Wildman–Crippen LogP) is 6.13. The molecular weight excluding hydrogens is 370 g/mol. The Morgan fingerprint density at radius 1 is 0.929 bits per heavy atom. The second-order valence-electron chi connectivity index (χ2n) is 6.36. The molecule has 0 aliphatic heterocycles. The van der Waals surface area contributed by atoms with Crippen molar-refractivity contribution in [2.75, 3.05) is 5.32 Å². The lowest BCUT2D eigenvalue weighted by Gasteiger charge is -2.07. The Labute approximate surface area is 170 Å². The molecular formula is C24H22ClNO2. The second kappa shape index (κ2) is 9.77. The van der Waals surface area contributed by atoms with Crippen LogP contribution in [-0.2, 0) is 17.8 Å². The molecule has 1 amide bonds. The van der Waals surface area contributed by atoms with Gasteiger partial charge in [-0.2, -0.15) is 0 Å². The molecule has 0 saturated carbocycles. The number of aryl methyl sites for hydroxylation is 1. The summed E-state index contributed by atoms with van der Waals surface area (Å²) in [5.41, 5.74) is 4.01. The van der Waals surface area contributed by atoms with Crippen molar-refractivity contribution in [2.45, 2.75) is 20.0 Å². The van der Waals surface area contributed by atoms with Crippen molar-refractivity contribution in [3.05, 3.63) is 101 Å². The summed E-state index contributed by atoms with van der Waals surface area (Å²) in [6.07, 6.45) is 4.28. The van der Waals surface area contributed by atoms with Gasteiger partial charge < -0.3 is 10.1 Å². The van der Waals surface area contributed by atoms with Crippen molar-refractivity contribution >= 4 is 29.3 Å². The molecule has 142 valence electrons. The van der Waals surface area contributed by atoms with Gasteiger partial charge >= 0.3 is 0 Å². The zero-order chi connectivity index (χ0) is 19.8. The summed E-state index contributed by atoms with van der Waals surface area (Å²) in [6.45, 7) is 2.58. The topological polar surface area (TPSA) is 38.3 Å².